The average Bonchev–Trinajstić information content (AvgIpc) is 2.69. The lowest BCUT2D eigenvalue weighted by Gasteiger charge is -2.15. The van der Waals surface area contributed by atoms with Gasteiger partial charge in [-0.05, 0) is 36.0 Å². The van der Waals surface area contributed by atoms with Gasteiger partial charge in [0.2, 0.25) is 0 Å². The van der Waals surface area contributed by atoms with Crippen LogP contribution in [0, 0.1) is 0 Å². The van der Waals surface area contributed by atoms with Crippen molar-refractivity contribution in [3.05, 3.63) is 20.8 Å². The van der Waals surface area contributed by atoms with Crippen molar-refractivity contribution in [3.63, 3.8) is 0 Å². The van der Waals surface area contributed by atoms with Crippen LogP contribution in [0.15, 0.2) is 15.9 Å². The van der Waals surface area contributed by atoms with Crippen molar-refractivity contribution in [3.8, 4) is 0 Å². The summed E-state index contributed by atoms with van der Waals surface area (Å²) in [4.78, 5) is 3.72. The zero-order valence-corrected chi connectivity index (χ0v) is 12.9. The summed E-state index contributed by atoms with van der Waals surface area (Å²) < 4.78 is 6.44. The van der Waals surface area contributed by atoms with Crippen LogP contribution in [0.5, 0.6) is 0 Å². The maximum atomic E-state index is 5.26. The van der Waals surface area contributed by atoms with Crippen LogP contribution >= 0.6 is 27.3 Å². The third-order valence-electron chi connectivity index (χ3n) is 2.35. The summed E-state index contributed by atoms with van der Waals surface area (Å²) in [5.74, 6) is 0. The summed E-state index contributed by atoms with van der Waals surface area (Å²) in [5.41, 5.74) is 0. The zero-order chi connectivity index (χ0) is 12.5. The van der Waals surface area contributed by atoms with E-state index in [4.69, 9.17) is 4.74 Å². The number of hydrogen-bond donors (Lipinski definition) is 1. The van der Waals surface area contributed by atoms with E-state index in [1.54, 1.807) is 11.3 Å². The van der Waals surface area contributed by atoms with Gasteiger partial charge in [-0.15, -0.1) is 11.3 Å². The van der Waals surface area contributed by atoms with Crippen LogP contribution in [0.3, 0.4) is 0 Å². The number of thiophene rings is 1. The number of nitrogens with zero attached hydrogens (tertiary/aromatic N) is 1. The predicted octanol–water partition coefficient (Wildman–Crippen LogP) is 2.57. The molecule has 1 aromatic rings. The van der Waals surface area contributed by atoms with Crippen molar-refractivity contribution in [1.29, 1.82) is 0 Å². The Morgan fingerprint density at radius 1 is 1.47 bits per heavy atom. The van der Waals surface area contributed by atoms with Crippen LogP contribution in [0.2, 0.25) is 0 Å². The highest BCUT2D eigenvalue weighted by molar-refractivity contribution is 9.10. The molecule has 0 aliphatic heterocycles. The lowest BCUT2D eigenvalue weighted by Crippen LogP contribution is -2.30. The lowest BCUT2D eigenvalue weighted by atomic mass is 10.4. The number of halogens is 1. The van der Waals surface area contributed by atoms with Gasteiger partial charge in [0.15, 0.2) is 0 Å². The minimum absolute atomic E-state index is 0.800. The summed E-state index contributed by atoms with van der Waals surface area (Å²) in [6.07, 6.45) is 0. The van der Waals surface area contributed by atoms with E-state index in [-0.39, 0.29) is 0 Å². The number of hydrogen-bond acceptors (Lipinski definition) is 4. The fourth-order valence-corrected chi connectivity index (χ4v) is 3.00. The molecule has 0 fully saturated rings. The molecule has 5 heteroatoms. The van der Waals surface area contributed by atoms with Gasteiger partial charge in [0.25, 0.3) is 0 Å². The van der Waals surface area contributed by atoms with Crippen molar-refractivity contribution < 1.29 is 4.74 Å². The van der Waals surface area contributed by atoms with Gasteiger partial charge in [-0.1, -0.05) is 0 Å². The number of rotatable bonds is 9. The third kappa shape index (κ3) is 7.16. The van der Waals surface area contributed by atoms with Crippen molar-refractivity contribution in [2.45, 2.75) is 13.5 Å². The molecule has 0 aliphatic carbocycles. The van der Waals surface area contributed by atoms with E-state index in [9.17, 15) is 0 Å². The first-order valence-electron chi connectivity index (χ1n) is 5.92. The van der Waals surface area contributed by atoms with Crippen LogP contribution in [-0.2, 0) is 11.3 Å². The van der Waals surface area contributed by atoms with Crippen LogP contribution in [0.25, 0.3) is 0 Å². The van der Waals surface area contributed by atoms with Crippen molar-refractivity contribution >= 4 is 27.3 Å². The quantitative estimate of drug-likeness (QED) is 0.708. The first-order valence-corrected chi connectivity index (χ1v) is 7.59. The number of ether oxygens (including phenoxy) is 1. The molecule has 0 saturated carbocycles. The molecule has 0 aliphatic rings. The second kappa shape index (κ2) is 9.05. The summed E-state index contributed by atoms with van der Waals surface area (Å²) in [7, 11) is 2.15. The second-order valence-corrected chi connectivity index (χ2v) is 5.83. The molecule has 1 heterocycles. The van der Waals surface area contributed by atoms with Crippen molar-refractivity contribution in [1.82, 2.24) is 10.2 Å². The average molecular weight is 321 g/mol. The Bertz CT molecular complexity index is 306. The normalized spacial score (nSPS) is 11.3. The van der Waals surface area contributed by atoms with E-state index >= 15 is 0 Å². The van der Waals surface area contributed by atoms with Crippen LogP contribution in [0.1, 0.15) is 11.8 Å². The molecule has 0 bridgehead atoms. The monoisotopic (exact) mass is 320 g/mol. The minimum atomic E-state index is 0.800. The Labute approximate surface area is 116 Å². The van der Waals surface area contributed by atoms with Gasteiger partial charge in [0, 0.05) is 47.5 Å². The second-order valence-electron chi connectivity index (χ2n) is 3.92. The third-order valence-corrected chi connectivity index (χ3v) is 4.03. The zero-order valence-electron chi connectivity index (χ0n) is 10.5. The SMILES string of the molecule is CCOCCNCCN(C)Cc1cc(Br)cs1. The van der Waals surface area contributed by atoms with Gasteiger partial charge in [-0.3, -0.25) is 0 Å². The fraction of sp³-hybridized carbons (Fsp3) is 0.667. The Morgan fingerprint density at radius 3 is 2.94 bits per heavy atom. The van der Waals surface area contributed by atoms with Gasteiger partial charge in [0.1, 0.15) is 0 Å². The molecular formula is C12H21BrN2OS. The van der Waals surface area contributed by atoms with E-state index in [2.05, 4.69) is 44.6 Å². The first-order chi connectivity index (χ1) is 8.22. The first kappa shape index (κ1) is 15.1. The van der Waals surface area contributed by atoms with Crippen LogP contribution < -0.4 is 5.32 Å². The summed E-state index contributed by atoms with van der Waals surface area (Å²) in [6, 6.07) is 2.18. The molecule has 0 saturated heterocycles. The van der Waals surface area contributed by atoms with E-state index in [1.165, 1.54) is 9.35 Å². The largest absolute Gasteiger partial charge is 0.380 e. The molecular weight excluding hydrogens is 300 g/mol. The van der Waals surface area contributed by atoms with E-state index in [1.807, 2.05) is 6.92 Å². The molecule has 0 spiro atoms. The highest BCUT2D eigenvalue weighted by Crippen LogP contribution is 2.20. The van der Waals surface area contributed by atoms with Gasteiger partial charge in [-0.2, -0.15) is 0 Å². The summed E-state index contributed by atoms with van der Waals surface area (Å²) >= 11 is 5.27. The molecule has 3 nitrogen and oxygen atoms in total. The molecule has 0 aromatic carbocycles. The Kier molecular flexibility index (Phi) is 8.05. The minimum Gasteiger partial charge on any atom is -0.380 e. The molecule has 0 radical (unpaired) electrons. The molecule has 1 N–H and O–H groups in total. The van der Waals surface area contributed by atoms with Crippen molar-refractivity contribution in [2.75, 3.05) is 39.9 Å². The molecule has 1 rings (SSSR count). The molecule has 0 atom stereocenters. The smallest absolute Gasteiger partial charge is 0.0590 e. The lowest BCUT2D eigenvalue weighted by molar-refractivity contribution is 0.148. The Morgan fingerprint density at radius 2 is 2.29 bits per heavy atom. The predicted molar refractivity (Wildman–Crippen MR) is 77.7 cm³/mol. The maximum Gasteiger partial charge on any atom is 0.0590 e. The molecule has 0 amide bonds. The fourth-order valence-electron chi connectivity index (χ4n) is 1.47. The Balaban J connectivity index is 2.03. The van der Waals surface area contributed by atoms with Gasteiger partial charge < -0.3 is 15.0 Å². The number of nitrogens with one attached hydrogen (secondary N) is 1. The highest BCUT2D eigenvalue weighted by Gasteiger charge is 2.02. The molecule has 98 valence electrons. The summed E-state index contributed by atoms with van der Waals surface area (Å²) in [5, 5.41) is 5.50. The van der Waals surface area contributed by atoms with Gasteiger partial charge in [-0.25, -0.2) is 0 Å². The Hall–Kier alpha value is 0.0600. The van der Waals surface area contributed by atoms with Crippen LogP contribution in [0.4, 0.5) is 0 Å². The van der Waals surface area contributed by atoms with E-state index in [0.29, 0.717) is 0 Å². The van der Waals surface area contributed by atoms with Crippen LogP contribution in [-0.4, -0.2) is 44.8 Å². The van der Waals surface area contributed by atoms with Gasteiger partial charge in [0.05, 0.1) is 6.61 Å². The number of likely N-dealkylation sites (N-methyl/N-ethyl adjacent to an activating group) is 1. The topological polar surface area (TPSA) is 24.5 Å². The molecule has 0 unspecified atom stereocenters. The van der Waals surface area contributed by atoms with Gasteiger partial charge >= 0.3 is 0 Å². The van der Waals surface area contributed by atoms with E-state index in [0.717, 1.165) is 39.4 Å². The molecule has 17 heavy (non-hydrogen) atoms. The highest BCUT2D eigenvalue weighted by atomic mass is 79.9. The van der Waals surface area contributed by atoms with E-state index < -0.39 is 0 Å². The maximum absolute atomic E-state index is 5.26. The molecule has 1 aromatic heterocycles. The van der Waals surface area contributed by atoms with Crippen molar-refractivity contribution in [2.24, 2.45) is 0 Å². The summed E-state index contributed by atoms with van der Waals surface area (Å²) in [6.45, 7) is 7.65. The standard InChI is InChI=1S/C12H21BrN2OS/c1-3-16-7-5-14-4-6-15(2)9-12-8-11(13)10-17-12/h8,10,14H,3-7,9H2,1-2H3.